The number of halogens is 4. The Labute approximate surface area is 159 Å². The van der Waals surface area contributed by atoms with Crippen molar-refractivity contribution in [3.63, 3.8) is 0 Å². The van der Waals surface area contributed by atoms with Gasteiger partial charge >= 0.3 is 0 Å². The molecule has 2 amide bonds. The van der Waals surface area contributed by atoms with E-state index in [9.17, 15) is 22.8 Å². The van der Waals surface area contributed by atoms with Crippen LogP contribution in [0.1, 0.15) is 18.9 Å². The summed E-state index contributed by atoms with van der Waals surface area (Å²) in [5.41, 5.74) is 0.131. The predicted molar refractivity (Wildman–Crippen MR) is 97.0 cm³/mol. The van der Waals surface area contributed by atoms with Gasteiger partial charge in [-0.05, 0) is 30.2 Å². The number of anilines is 1. The van der Waals surface area contributed by atoms with E-state index in [-0.39, 0.29) is 18.9 Å². The maximum Gasteiger partial charge on any atom is 0.244 e. The van der Waals surface area contributed by atoms with Crippen LogP contribution in [0.2, 0.25) is 5.02 Å². The Kier molecular flexibility index (Phi) is 7.24. The Morgan fingerprint density at radius 3 is 2.44 bits per heavy atom. The summed E-state index contributed by atoms with van der Waals surface area (Å²) in [7, 11) is 0. The fourth-order valence-electron chi connectivity index (χ4n) is 2.46. The van der Waals surface area contributed by atoms with Gasteiger partial charge in [0.2, 0.25) is 11.8 Å². The number of carbonyl (C=O) groups is 2. The maximum atomic E-state index is 13.7. The normalized spacial score (nSPS) is 10.6. The van der Waals surface area contributed by atoms with E-state index in [1.165, 1.54) is 4.90 Å². The first-order chi connectivity index (χ1) is 12.8. The summed E-state index contributed by atoms with van der Waals surface area (Å²) in [6.45, 7) is 1.79. The predicted octanol–water partition coefficient (Wildman–Crippen LogP) is 4.18. The van der Waals surface area contributed by atoms with Crippen LogP contribution in [0, 0.1) is 17.5 Å². The summed E-state index contributed by atoms with van der Waals surface area (Å²) in [6, 6.07) is 8.48. The zero-order valence-corrected chi connectivity index (χ0v) is 15.3. The summed E-state index contributed by atoms with van der Waals surface area (Å²) >= 11 is 6.05. The van der Waals surface area contributed by atoms with Crippen LogP contribution in [0.4, 0.5) is 18.9 Å². The molecule has 0 saturated carbocycles. The molecule has 0 aliphatic carbocycles. The van der Waals surface area contributed by atoms with Gasteiger partial charge in [-0.25, -0.2) is 13.2 Å². The topological polar surface area (TPSA) is 49.4 Å². The van der Waals surface area contributed by atoms with Crippen LogP contribution in [-0.4, -0.2) is 29.8 Å². The molecule has 0 bridgehead atoms. The molecule has 1 N–H and O–H groups in total. The molecule has 0 fully saturated rings. The minimum Gasteiger partial charge on any atom is -0.333 e. The van der Waals surface area contributed by atoms with E-state index in [0.29, 0.717) is 29.6 Å². The molecule has 0 atom stereocenters. The van der Waals surface area contributed by atoms with Gasteiger partial charge in [-0.3, -0.25) is 9.59 Å². The number of carbonyl (C=O) groups excluding carboxylic acids is 2. The van der Waals surface area contributed by atoms with Crippen molar-refractivity contribution in [1.29, 1.82) is 0 Å². The van der Waals surface area contributed by atoms with Crippen LogP contribution in [0.3, 0.4) is 0 Å². The standard InChI is InChI=1S/C19H18ClF3N2O2/c1-2-9-25(17(27)10-12-5-3-4-6-13(12)20)11-16(26)24-15-8-7-14(21)18(22)19(15)23/h3-8H,2,9-11H2,1H3,(H,24,26). The van der Waals surface area contributed by atoms with Crippen molar-refractivity contribution in [3.8, 4) is 0 Å². The third-order valence-electron chi connectivity index (χ3n) is 3.79. The summed E-state index contributed by atoms with van der Waals surface area (Å²) < 4.78 is 39.9. The molecule has 0 unspecified atom stereocenters. The van der Waals surface area contributed by atoms with Crippen molar-refractivity contribution in [2.45, 2.75) is 19.8 Å². The molecular weight excluding hydrogens is 381 g/mol. The van der Waals surface area contributed by atoms with Gasteiger partial charge in [0.05, 0.1) is 18.7 Å². The molecule has 2 rings (SSSR count). The molecule has 27 heavy (non-hydrogen) atoms. The van der Waals surface area contributed by atoms with E-state index in [0.717, 1.165) is 6.07 Å². The molecule has 2 aromatic rings. The van der Waals surface area contributed by atoms with Crippen molar-refractivity contribution in [1.82, 2.24) is 4.90 Å². The van der Waals surface area contributed by atoms with Gasteiger partial charge in [0.15, 0.2) is 17.5 Å². The van der Waals surface area contributed by atoms with Crippen LogP contribution in [-0.2, 0) is 16.0 Å². The number of nitrogens with zero attached hydrogens (tertiary/aromatic N) is 1. The molecule has 0 aliphatic rings. The molecule has 2 aromatic carbocycles. The smallest absolute Gasteiger partial charge is 0.244 e. The number of amides is 2. The average Bonchev–Trinajstić information content (AvgIpc) is 2.63. The molecular formula is C19H18ClF3N2O2. The van der Waals surface area contributed by atoms with Gasteiger partial charge in [-0.15, -0.1) is 0 Å². The summed E-state index contributed by atoms with van der Waals surface area (Å²) in [4.78, 5) is 26.0. The Morgan fingerprint density at radius 1 is 1.07 bits per heavy atom. The highest BCUT2D eigenvalue weighted by Gasteiger charge is 2.20. The molecule has 0 saturated heterocycles. The van der Waals surface area contributed by atoms with E-state index in [1.54, 1.807) is 24.3 Å². The first-order valence-corrected chi connectivity index (χ1v) is 8.65. The highest BCUT2D eigenvalue weighted by atomic mass is 35.5. The second-order valence-corrected chi connectivity index (χ2v) is 6.26. The summed E-state index contributed by atoms with van der Waals surface area (Å²) in [5.74, 6) is -5.57. The lowest BCUT2D eigenvalue weighted by molar-refractivity contribution is -0.134. The van der Waals surface area contributed by atoms with E-state index >= 15 is 0 Å². The van der Waals surface area contributed by atoms with Crippen molar-refractivity contribution >= 4 is 29.1 Å². The minimum atomic E-state index is -1.67. The number of hydrogen-bond acceptors (Lipinski definition) is 2. The molecule has 0 spiro atoms. The Morgan fingerprint density at radius 2 is 1.78 bits per heavy atom. The first kappa shape index (κ1) is 20.8. The quantitative estimate of drug-likeness (QED) is 0.711. The SMILES string of the molecule is CCCN(CC(=O)Nc1ccc(F)c(F)c1F)C(=O)Cc1ccccc1Cl. The Hall–Kier alpha value is -2.54. The fourth-order valence-corrected chi connectivity index (χ4v) is 2.67. The lowest BCUT2D eigenvalue weighted by Crippen LogP contribution is -2.39. The lowest BCUT2D eigenvalue weighted by atomic mass is 10.1. The molecule has 0 heterocycles. The monoisotopic (exact) mass is 398 g/mol. The molecule has 0 aromatic heterocycles. The van der Waals surface area contributed by atoms with Crippen LogP contribution in [0.25, 0.3) is 0 Å². The second kappa shape index (κ2) is 9.41. The molecule has 0 radical (unpaired) electrons. The molecule has 4 nitrogen and oxygen atoms in total. The zero-order valence-electron chi connectivity index (χ0n) is 14.6. The first-order valence-electron chi connectivity index (χ1n) is 8.28. The number of rotatable bonds is 7. The van der Waals surface area contributed by atoms with Crippen molar-refractivity contribution < 1.29 is 22.8 Å². The molecule has 8 heteroatoms. The molecule has 0 aliphatic heterocycles. The third kappa shape index (κ3) is 5.47. The van der Waals surface area contributed by atoms with Crippen LogP contribution in [0.15, 0.2) is 36.4 Å². The van der Waals surface area contributed by atoms with E-state index in [4.69, 9.17) is 11.6 Å². The van der Waals surface area contributed by atoms with E-state index < -0.39 is 29.0 Å². The maximum absolute atomic E-state index is 13.7. The zero-order chi connectivity index (χ0) is 20.0. The number of hydrogen-bond donors (Lipinski definition) is 1. The van der Waals surface area contributed by atoms with Crippen LogP contribution < -0.4 is 5.32 Å². The van der Waals surface area contributed by atoms with Gasteiger partial charge in [0.1, 0.15) is 0 Å². The highest BCUT2D eigenvalue weighted by Crippen LogP contribution is 2.20. The minimum absolute atomic E-state index is 0.00644. The van der Waals surface area contributed by atoms with Gasteiger partial charge in [-0.1, -0.05) is 36.7 Å². The number of benzene rings is 2. The van der Waals surface area contributed by atoms with Crippen LogP contribution >= 0.6 is 11.6 Å². The largest absolute Gasteiger partial charge is 0.333 e. The summed E-state index contributed by atoms with van der Waals surface area (Å²) in [6.07, 6.45) is 0.605. The molecule has 144 valence electrons. The van der Waals surface area contributed by atoms with Crippen molar-refractivity contribution in [2.75, 3.05) is 18.4 Å². The second-order valence-electron chi connectivity index (χ2n) is 5.85. The Bertz CT molecular complexity index is 846. The lowest BCUT2D eigenvalue weighted by Gasteiger charge is -2.22. The van der Waals surface area contributed by atoms with Gasteiger partial charge in [-0.2, -0.15) is 0 Å². The van der Waals surface area contributed by atoms with E-state index in [1.807, 2.05) is 6.92 Å². The number of nitrogens with one attached hydrogen (secondary N) is 1. The van der Waals surface area contributed by atoms with Gasteiger partial charge in [0, 0.05) is 11.6 Å². The van der Waals surface area contributed by atoms with Gasteiger partial charge in [0.25, 0.3) is 0 Å². The third-order valence-corrected chi connectivity index (χ3v) is 4.16. The van der Waals surface area contributed by atoms with E-state index in [2.05, 4.69) is 5.32 Å². The fraction of sp³-hybridized carbons (Fsp3) is 0.263. The summed E-state index contributed by atoms with van der Waals surface area (Å²) in [5, 5.41) is 2.60. The highest BCUT2D eigenvalue weighted by molar-refractivity contribution is 6.31. The van der Waals surface area contributed by atoms with Gasteiger partial charge < -0.3 is 10.2 Å². The Balaban J connectivity index is 2.06. The average molecular weight is 399 g/mol. The van der Waals surface area contributed by atoms with Crippen molar-refractivity contribution in [2.24, 2.45) is 0 Å². The van der Waals surface area contributed by atoms with Crippen LogP contribution in [0.5, 0.6) is 0 Å². The van der Waals surface area contributed by atoms with Crippen molar-refractivity contribution in [3.05, 3.63) is 64.4 Å².